The van der Waals surface area contributed by atoms with Crippen molar-refractivity contribution in [1.82, 2.24) is 50.9 Å². The lowest BCUT2D eigenvalue weighted by atomic mass is 9.85. The number of rotatable bonds is 35. The number of aryl methyl sites for hydroxylation is 2. The first-order chi connectivity index (χ1) is 44.9. The van der Waals surface area contributed by atoms with E-state index in [2.05, 4.69) is 36.6 Å². The van der Waals surface area contributed by atoms with Crippen LogP contribution in [0.15, 0.2) is 82.7 Å². The summed E-state index contributed by atoms with van der Waals surface area (Å²) in [6, 6.07) is 14.4. The number of amides is 7. The molecule has 7 N–H and O–H groups in total. The second-order valence-electron chi connectivity index (χ2n) is 25.1. The molecule has 7 amide bonds. The number of hydrogen-bond donors (Lipinski definition) is 7. The molecule has 5 aromatic rings. The maximum atomic E-state index is 14.0. The SMILES string of the molecule is Cc1ncsc1-c1ccc(CNC(=O)C2CC(O)CN2C(=O)C(NC(=O)COCCOCCOCCNC(=O)c2ccc(=O)n(CCOCCOCCOCC(=O)NC(C(=O)N3CC(O)CC3C(=O)NCc3ccc(-c4scnc4C)cc3)C(C)(C)C)c2)C(C)(C)C)cc1. The van der Waals surface area contributed by atoms with Crippen LogP contribution in [0.25, 0.3) is 20.9 Å². The number of pyridine rings is 1. The number of aliphatic hydroxyl groups excluding tert-OH is 2. The van der Waals surface area contributed by atoms with E-state index in [4.69, 9.17) is 28.4 Å². The molecule has 0 aliphatic carbocycles. The number of aliphatic hydroxyl groups is 2. The third-order valence-electron chi connectivity index (χ3n) is 15.6. The molecule has 94 heavy (non-hydrogen) atoms. The summed E-state index contributed by atoms with van der Waals surface area (Å²) in [5, 5.41) is 35.3. The van der Waals surface area contributed by atoms with Gasteiger partial charge in [-0.3, -0.25) is 38.4 Å². The van der Waals surface area contributed by atoms with E-state index in [1.165, 1.54) is 32.7 Å². The molecule has 2 saturated heterocycles. The van der Waals surface area contributed by atoms with E-state index in [1.807, 2.05) is 62.4 Å². The van der Waals surface area contributed by atoms with Crippen molar-refractivity contribution in [3.05, 3.63) is 116 Å². The Hall–Kier alpha value is -7.38. The van der Waals surface area contributed by atoms with Gasteiger partial charge in [0.15, 0.2) is 0 Å². The molecule has 2 aliphatic heterocycles. The number of ether oxygens (including phenoxy) is 6. The molecule has 5 heterocycles. The summed E-state index contributed by atoms with van der Waals surface area (Å²) in [4.78, 5) is 120. The van der Waals surface area contributed by atoms with Crippen LogP contribution in [-0.2, 0) is 76.8 Å². The highest BCUT2D eigenvalue weighted by molar-refractivity contribution is 7.13. The van der Waals surface area contributed by atoms with E-state index >= 15 is 0 Å². The molecule has 2 aliphatic rings. The van der Waals surface area contributed by atoms with Gasteiger partial charge in [0.1, 0.15) is 37.4 Å². The van der Waals surface area contributed by atoms with E-state index in [1.54, 1.807) is 75.2 Å². The highest BCUT2D eigenvalue weighted by Gasteiger charge is 2.46. The number of carbonyl (C=O) groups is 7. The van der Waals surface area contributed by atoms with Gasteiger partial charge in [0.25, 0.3) is 11.5 Å². The maximum Gasteiger partial charge on any atom is 0.252 e. The Kier molecular flexibility index (Phi) is 28.3. The van der Waals surface area contributed by atoms with Crippen LogP contribution in [0, 0.1) is 24.7 Å². The van der Waals surface area contributed by atoms with Gasteiger partial charge in [-0.2, -0.15) is 0 Å². The van der Waals surface area contributed by atoms with Crippen molar-refractivity contribution in [3.8, 4) is 20.9 Å². The minimum absolute atomic E-state index is 0.0515. The van der Waals surface area contributed by atoms with Crippen LogP contribution >= 0.6 is 22.7 Å². The predicted molar refractivity (Wildman–Crippen MR) is 351 cm³/mol. The van der Waals surface area contributed by atoms with E-state index < -0.39 is 88.6 Å². The smallest absolute Gasteiger partial charge is 0.252 e. The average Bonchev–Trinajstić information content (AvgIpc) is 1.60. The Balaban J connectivity index is 0.693. The molecule has 0 bridgehead atoms. The number of benzene rings is 2. The summed E-state index contributed by atoms with van der Waals surface area (Å²) in [6.45, 7) is 16.3. The van der Waals surface area contributed by atoms with Crippen molar-refractivity contribution in [3.63, 3.8) is 0 Å². The van der Waals surface area contributed by atoms with Crippen LogP contribution in [-0.4, -0.2) is 211 Å². The van der Waals surface area contributed by atoms with Crippen LogP contribution in [0.1, 0.15) is 87.3 Å². The predicted octanol–water partition coefficient (Wildman–Crippen LogP) is 3.16. The number of thiazole rings is 2. The molecule has 0 spiro atoms. The second-order valence-corrected chi connectivity index (χ2v) is 26.9. The normalized spacial score (nSPS) is 17.2. The van der Waals surface area contributed by atoms with E-state index in [0.29, 0.717) is 0 Å². The molecular weight excluding hydrogens is 1250 g/mol. The highest BCUT2D eigenvalue weighted by atomic mass is 32.1. The lowest BCUT2D eigenvalue weighted by Crippen LogP contribution is -2.58. The molecule has 2 fully saturated rings. The third kappa shape index (κ3) is 22.4. The van der Waals surface area contributed by atoms with Crippen molar-refractivity contribution in [2.75, 3.05) is 98.9 Å². The topological polar surface area (TPSA) is 330 Å². The molecule has 2 aromatic carbocycles. The molecule has 6 atom stereocenters. The lowest BCUT2D eigenvalue weighted by Gasteiger charge is -2.35. The Morgan fingerprint density at radius 2 is 0.957 bits per heavy atom. The van der Waals surface area contributed by atoms with Gasteiger partial charge in [-0.25, -0.2) is 9.97 Å². The fourth-order valence-corrected chi connectivity index (χ4v) is 12.1. The van der Waals surface area contributed by atoms with Crippen LogP contribution < -0.4 is 32.1 Å². The fourth-order valence-electron chi connectivity index (χ4n) is 10.5. The Morgan fingerprint density at radius 3 is 1.36 bits per heavy atom. The molecule has 512 valence electrons. The van der Waals surface area contributed by atoms with E-state index in [9.17, 15) is 48.6 Å². The quantitative estimate of drug-likeness (QED) is 0.0287. The molecule has 26 nitrogen and oxygen atoms in total. The minimum Gasteiger partial charge on any atom is -0.391 e. The number of aromatic nitrogens is 3. The Labute approximate surface area is 555 Å². The third-order valence-corrected chi connectivity index (χ3v) is 17.6. The number of β-amino-alcohol motifs (C(OH)–C–C–N with tert-alkyl or cyclic N) is 2. The van der Waals surface area contributed by atoms with Gasteiger partial charge in [-0.05, 0) is 53.0 Å². The van der Waals surface area contributed by atoms with Crippen LogP contribution in [0.5, 0.6) is 0 Å². The van der Waals surface area contributed by atoms with Gasteiger partial charge in [0.2, 0.25) is 35.4 Å². The monoisotopic (exact) mass is 1340 g/mol. The van der Waals surface area contributed by atoms with Crippen LogP contribution in [0.3, 0.4) is 0 Å². The number of nitrogens with one attached hydrogen (secondary N) is 5. The number of nitrogens with zero attached hydrogens (tertiary/aromatic N) is 5. The van der Waals surface area contributed by atoms with Crippen LogP contribution in [0.4, 0.5) is 0 Å². The van der Waals surface area contributed by atoms with Gasteiger partial charge in [0.05, 0.1) is 116 Å². The summed E-state index contributed by atoms with van der Waals surface area (Å²) >= 11 is 3.11. The average molecular weight is 1340 g/mol. The van der Waals surface area contributed by atoms with E-state index in [-0.39, 0.29) is 143 Å². The van der Waals surface area contributed by atoms with Gasteiger partial charge < -0.3 is 79.6 Å². The van der Waals surface area contributed by atoms with Crippen molar-refractivity contribution < 1.29 is 72.2 Å². The van der Waals surface area contributed by atoms with Crippen LogP contribution in [0.2, 0.25) is 0 Å². The zero-order valence-electron chi connectivity index (χ0n) is 54.8. The molecular formula is C66H90N10O16S2. The van der Waals surface area contributed by atoms with Gasteiger partial charge in [-0.1, -0.05) is 90.1 Å². The standard InChI is InChI=1S/C66H90N10O16S2/c1-42-56(93-40-70-42)46-13-9-44(10-14-46)33-68-61(83)51-31-49(77)36-75(51)63(85)58(65(3,4)5)72-53(79)38-91-29-27-89-25-23-87-21-19-67-60(82)48-17-18-55(81)74(35-48)20-22-88-24-26-90-28-30-92-39-54(80)73-59(66(6,7)8)64(86)76-37-50(78)32-52(76)62(84)69-34-45-11-15-47(16-12-45)57-43(2)71-41-94-57/h9-18,35,40-41,49-52,58-59,77-78H,19-34,36-39H2,1-8H3,(H,67,82)(H,68,83)(H,69,84)(H,72,79)(H,73,80). The fraction of sp³-hybridized carbons (Fsp3) is 0.545. The first-order valence-electron chi connectivity index (χ1n) is 31.4. The lowest BCUT2D eigenvalue weighted by molar-refractivity contribution is -0.144. The summed E-state index contributed by atoms with van der Waals surface area (Å²) in [5.41, 5.74) is 7.74. The van der Waals surface area contributed by atoms with Crippen molar-refractivity contribution >= 4 is 64.0 Å². The van der Waals surface area contributed by atoms with Crippen molar-refractivity contribution in [2.45, 2.75) is 124 Å². The number of likely N-dealkylation sites (tertiary alicyclic amines) is 2. The summed E-state index contributed by atoms with van der Waals surface area (Å²) in [6.07, 6.45) is -0.243. The maximum absolute atomic E-state index is 14.0. The summed E-state index contributed by atoms with van der Waals surface area (Å²) in [5.74, 6) is -3.25. The Morgan fingerprint density at radius 1 is 0.553 bits per heavy atom. The minimum atomic E-state index is -1.02. The van der Waals surface area contributed by atoms with Gasteiger partial charge in [0, 0.05) is 64.4 Å². The van der Waals surface area contributed by atoms with Crippen molar-refractivity contribution in [1.29, 1.82) is 0 Å². The molecule has 6 unspecified atom stereocenters. The summed E-state index contributed by atoms with van der Waals surface area (Å²) < 4.78 is 34.7. The largest absolute Gasteiger partial charge is 0.391 e. The number of carbonyl (C=O) groups excluding carboxylic acids is 7. The molecule has 28 heteroatoms. The first-order valence-corrected chi connectivity index (χ1v) is 33.2. The molecule has 0 radical (unpaired) electrons. The summed E-state index contributed by atoms with van der Waals surface area (Å²) in [7, 11) is 0. The first kappa shape index (κ1) is 74.0. The van der Waals surface area contributed by atoms with Gasteiger partial charge in [-0.15, -0.1) is 22.7 Å². The number of hydrogen-bond acceptors (Lipinski definition) is 20. The second kappa shape index (κ2) is 35.9. The molecule has 3 aromatic heterocycles. The highest BCUT2D eigenvalue weighted by Crippen LogP contribution is 2.31. The zero-order valence-corrected chi connectivity index (χ0v) is 56.4. The van der Waals surface area contributed by atoms with E-state index in [0.717, 1.165) is 43.4 Å². The Bertz CT molecular complexity index is 3370. The molecule has 0 saturated carbocycles. The van der Waals surface area contributed by atoms with Gasteiger partial charge >= 0.3 is 0 Å². The van der Waals surface area contributed by atoms with Crippen molar-refractivity contribution in [2.24, 2.45) is 10.8 Å². The molecule has 7 rings (SSSR count). The zero-order chi connectivity index (χ0) is 68.0.